The Hall–Kier alpha value is -2.79. The minimum atomic E-state index is -0.439. The molecule has 1 N–H and O–H groups in total. The van der Waals surface area contributed by atoms with Gasteiger partial charge in [-0.3, -0.25) is 4.90 Å². The second-order valence-corrected chi connectivity index (χ2v) is 8.95. The molecule has 0 aliphatic carbocycles. The molecule has 2 aromatic rings. The van der Waals surface area contributed by atoms with Crippen molar-refractivity contribution in [2.45, 2.75) is 32.0 Å². The van der Waals surface area contributed by atoms with Crippen LogP contribution in [0.4, 0.5) is 10.1 Å². The van der Waals surface area contributed by atoms with Crippen molar-refractivity contribution in [2.24, 2.45) is 0 Å². The molecule has 0 amide bonds. The molecule has 0 aromatic heterocycles. The summed E-state index contributed by atoms with van der Waals surface area (Å²) in [6.45, 7) is 15.3. The smallest absolute Gasteiger partial charge is 0.338 e. The number of hydrogen-bond acceptors (Lipinski definition) is 5. The number of ether oxygens (including phenoxy) is 1. The summed E-state index contributed by atoms with van der Waals surface area (Å²) in [6, 6.07) is 9.84. The first-order chi connectivity index (χ1) is 15.5. The van der Waals surface area contributed by atoms with E-state index < -0.39 is 5.82 Å². The van der Waals surface area contributed by atoms with Crippen molar-refractivity contribution in [1.82, 2.24) is 15.1 Å². The predicted molar refractivity (Wildman–Crippen MR) is 119 cm³/mol. The van der Waals surface area contributed by atoms with E-state index in [1.165, 1.54) is 11.6 Å². The van der Waals surface area contributed by atoms with Gasteiger partial charge in [0.1, 0.15) is 12.4 Å². The van der Waals surface area contributed by atoms with Crippen molar-refractivity contribution >= 4 is 11.7 Å². The van der Waals surface area contributed by atoms with Gasteiger partial charge in [0.15, 0.2) is 0 Å². The third kappa shape index (κ3) is 3.90. The highest BCUT2D eigenvalue weighted by molar-refractivity contribution is 5.93. The largest absolute Gasteiger partial charge is 0.457 e. The summed E-state index contributed by atoms with van der Waals surface area (Å²) in [7, 11) is 0. The van der Waals surface area contributed by atoms with E-state index in [0.717, 1.165) is 62.4 Å². The van der Waals surface area contributed by atoms with E-state index in [0.29, 0.717) is 18.2 Å². The van der Waals surface area contributed by atoms with E-state index in [1.807, 2.05) is 25.1 Å². The zero-order valence-electron chi connectivity index (χ0n) is 18.2. The quantitative estimate of drug-likeness (QED) is 0.592. The molecule has 2 saturated heterocycles. The molecule has 2 aromatic carbocycles. The highest BCUT2D eigenvalue weighted by Crippen LogP contribution is 2.32. The second kappa shape index (κ2) is 8.62. The van der Waals surface area contributed by atoms with Crippen molar-refractivity contribution in [1.29, 1.82) is 0 Å². The number of benzene rings is 2. The van der Waals surface area contributed by atoms with E-state index in [-0.39, 0.29) is 17.7 Å². The summed E-state index contributed by atoms with van der Waals surface area (Å²) in [4.78, 5) is 20.0. The number of nitrogens with zero attached hydrogens (tertiary/aromatic N) is 3. The molecule has 2 atom stereocenters. The lowest BCUT2D eigenvalue weighted by atomic mass is 9.95. The predicted octanol–water partition coefficient (Wildman–Crippen LogP) is 3.23. The second-order valence-electron chi connectivity index (χ2n) is 8.95. The van der Waals surface area contributed by atoms with Gasteiger partial charge in [-0.2, -0.15) is 0 Å². The Labute approximate surface area is 187 Å². The molecule has 0 spiro atoms. The summed E-state index contributed by atoms with van der Waals surface area (Å²) in [5, 5.41) is 3.63. The van der Waals surface area contributed by atoms with Gasteiger partial charge < -0.3 is 15.0 Å². The first-order valence-corrected chi connectivity index (χ1v) is 11.2. The summed E-state index contributed by atoms with van der Waals surface area (Å²) in [5.74, 6) is -0.655. The van der Waals surface area contributed by atoms with Gasteiger partial charge in [-0.25, -0.2) is 14.0 Å². The average molecular weight is 435 g/mol. The molecule has 32 heavy (non-hydrogen) atoms. The number of cyclic esters (lactones) is 1. The van der Waals surface area contributed by atoms with Gasteiger partial charge in [0.2, 0.25) is 5.69 Å². The van der Waals surface area contributed by atoms with Gasteiger partial charge in [-0.15, -0.1) is 0 Å². The number of carbonyl (C=O) groups is 1. The third-order valence-corrected chi connectivity index (χ3v) is 7.08. The Kier molecular flexibility index (Phi) is 5.68. The van der Waals surface area contributed by atoms with Gasteiger partial charge in [0.05, 0.1) is 12.1 Å². The van der Waals surface area contributed by atoms with Crippen LogP contribution in [-0.4, -0.2) is 61.1 Å². The van der Waals surface area contributed by atoms with E-state index in [9.17, 15) is 9.18 Å². The number of carbonyl (C=O) groups excluding carboxylic acids is 1. The third-order valence-electron chi connectivity index (χ3n) is 7.08. The van der Waals surface area contributed by atoms with E-state index in [1.54, 1.807) is 0 Å². The van der Waals surface area contributed by atoms with E-state index in [4.69, 9.17) is 11.3 Å². The molecule has 2 fully saturated rings. The lowest BCUT2D eigenvalue weighted by Crippen LogP contribution is -2.61. The van der Waals surface area contributed by atoms with Crippen molar-refractivity contribution in [2.75, 3.05) is 39.3 Å². The SMILES string of the molecule is [C-]#[N+]c1c(F)ccc([C@@H]2CN3CCN(CCc4ccc5c(c4)COC5=O)C[C@@H]3CN2)c1C. The summed E-state index contributed by atoms with van der Waals surface area (Å²) in [6.07, 6.45) is 0.957. The zero-order chi connectivity index (χ0) is 22.2. The number of hydrogen-bond donors (Lipinski definition) is 1. The molecule has 3 aliphatic rings. The summed E-state index contributed by atoms with van der Waals surface area (Å²) < 4.78 is 19.0. The molecular formula is C25H27FN4O2. The average Bonchev–Trinajstić information content (AvgIpc) is 3.18. The lowest BCUT2D eigenvalue weighted by molar-refractivity contribution is 0.0426. The van der Waals surface area contributed by atoms with Crippen LogP contribution in [0.3, 0.4) is 0 Å². The molecule has 0 bridgehead atoms. The van der Waals surface area contributed by atoms with Crippen LogP contribution < -0.4 is 5.32 Å². The van der Waals surface area contributed by atoms with Crippen LogP contribution in [0.25, 0.3) is 4.85 Å². The maximum Gasteiger partial charge on any atom is 0.338 e. The first-order valence-electron chi connectivity index (χ1n) is 11.2. The van der Waals surface area contributed by atoms with Crippen LogP contribution in [0.1, 0.15) is 38.7 Å². The number of rotatable bonds is 4. The highest BCUT2D eigenvalue weighted by Gasteiger charge is 2.33. The number of fused-ring (bicyclic) bond motifs is 2. The van der Waals surface area contributed by atoms with Gasteiger partial charge in [0.25, 0.3) is 0 Å². The molecule has 0 radical (unpaired) electrons. The van der Waals surface area contributed by atoms with E-state index in [2.05, 4.69) is 26.0 Å². The van der Waals surface area contributed by atoms with Gasteiger partial charge >= 0.3 is 5.97 Å². The maximum atomic E-state index is 13.9. The van der Waals surface area contributed by atoms with Gasteiger partial charge in [0, 0.05) is 56.9 Å². The molecular weight excluding hydrogens is 407 g/mol. The highest BCUT2D eigenvalue weighted by atomic mass is 19.1. The molecule has 0 unspecified atom stereocenters. The van der Waals surface area contributed by atoms with Crippen molar-refractivity contribution in [3.63, 3.8) is 0 Å². The normalized spacial score (nSPS) is 23.3. The summed E-state index contributed by atoms with van der Waals surface area (Å²) >= 11 is 0. The van der Waals surface area contributed by atoms with Gasteiger partial charge in [-0.05, 0) is 42.2 Å². The van der Waals surface area contributed by atoms with Crippen LogP contribution >= 0.6 is 0 Å². The number of nitrogens with one attached hydrogen (secondary N) is 1. The van der Waals surface area contributed by atoms with E-state index >= 15 is 0 Å². The molecule has 7 heteroatoms. The monoisotopic (exact) mass is 434 g/mol. The Morgan fingerprint density at radius 1 is 1.25 bits per heavy atom. The number of halogens is 1. The Morgan fingerprint density at radius 3 is 2.97 bits per heavy atom. The number of piperazine rings is 2. The minimum Gasteiger partial charge on any atom is -0.457 e. The van der Waals surface area contributed by atoms with Gasteiger partial charge in [-0.1, -0.05) is 18.2 Å². The fourth-order valence-electron chi connectivity index (χ4n) is 5.21. The Morgan fingerprint density at radius 2 is 2.12 bits per heavy atom. The molecule has 3 heterocycles. The molecule has 5 rings (SSSR count). The zero-order valence-corrected chi connectivity index (χ0v) is 18.2. The molecule has 166 valence electrons. The summed E-state index contributed by atoms with van der Waals surface area (Å²) in [5.41, 5.74) is 4.85. The fraction of sp³-hybridized carbons (Fsp3) is 0.440. The van der Waals surface area contributed by atoms with Crippen LogP contribution in [0.5, 0.6) is 0 Å². The topological polar surface area (TPSA) is 49.2 Å². The standard InChI is InChI=1S/C25H27FN4O2/c1-16-20(5-6-22(26)24(16)27-2)23-14-30-10-9-29(13-19(30)12-28-23)8-7-17-3-4-21-18(11-17)15-32-25(21)31/h3-6,11,19,23,28H,7-10,12-15H2,1H3/t19-,23-/m0/s1. The fourth-order valence-corrected chi connectivity index (χ4v) is 5.21. The van der Waals surface area contributed by atoms with Crippen LogP contribution in [0, 0.1) is 19.3 Å². The van der Waals surface area contributed by atoms with Crippen LogP contribution in [0.2, 0.25) is 0 Å². The number of esters is 1. The Balaban J connectivity index is 1.18. The van der Waals surface area contributed by atoms with Crippen molar-refractivity contribution < 1.29 is 13.9 Å². The lowest BCUT2D eigenvalue weighted by Gasteiger charge is -2.47. The molecule has 3 aliphatic heterocycles. The maximum absolute atomic E-state index is 13.9. The van der Waals surface area contributed by atoms with Crippen LogP contribution in [0.15, 0.2) is 30.3 Å². The van der Waals surface area contributed by atoms with Crippen molar-refractivity contribution in [3.8, 4) is 0 Å². The first kappa shape index (κ1) is 21.1. The minimum absolute atomic E-state index is 0.121. The molecule has 0 saturated carbocycles. The van der Waals surface area contributed by atoms with Crippen molar-refractivity contribution in [3.05, 3.63) is 75.4 Å². The Bertz CT molecular complexity index is 1100. The molecule has 6 nitrogen and oxygen atoms in total. The van der Waals surface area contributed by atoms with Crippen LogP contribution in [-0.2, 0) is 17.8 Å².